The Bertz CT molecular complexity index is 2170. The number of rotatable bonds is 5. The molecule has 1 aliphatic carbocycles. The molecule has 0 aliphatic heterocycles. The van der Waals surface area contributed by atoms with Gasteiger partial charge in [0.2, 0.25) is 0 Å². The maximum absolute atomic E-state index is 5.08. The predicted octanol–water partition coefficient (Wildman–Crippen LogP) is 10.5. The molecule has 0 saturated heterocycles. The van der Waals surface area contributed by atoms with Crippen LogP contribution >= 0.6 is 0 Å². The first-order chi connectivity index (χ1) is 22.1. The molecule has 8 rings (SSSR count). The molecule has 5 aromatic carbocycles. The third kappa shape index (κ3) is 4.74. The van der Waals surface area contributed by atoms with Crippen molar-refractivity contribution in [3.05, 3.63) is 163 Å². The maximum Gasteiger partial charge on any atom is 0.161 e. The van der Waals surface area contributed by atoms with Gasteiger partial charge in [-0.15, -0.1) is 0 Å². The van der Waals surface area contributed by atoms with E-state index < -0.39 is 0 Å². The largest absolute Gasteiger partial charge is 0.264 e. The van der Waals surface area contributed by atoms with E-state index >= 15 is 0 Å². The van der Waals surface area contributed by atoms with Crippen molar-refractivity contribution < 1.29 is 0 Å². The van der Waals surface area contributed by atoms with Gasteiger partial charge in [0.05, 0.1) is 11.4 Å². The minimum Gasteiger partial charge on any atom is -0.264 e. The summed E-state index contributed by atoms with van der Waals surface area (Å²) in [5, 5.41) is 0. The van der Waals surface area contributed by atoms with E-state index in [-0.39, 0.29) is 5.41 Å². The molecule has 1 aliphatic rings. The van der Waals surface area contributed by atoms with Gasteiger partial charge >= 0.3 is 0 Å². The summed E-state index contributed by atoms with van der Waals surface area (Å²) in [7, 11) is 0. The van der Waals surface area contributed by atoms with Crippen molar-refractivity contribution in [2.75, 3.05) is 0 Å². The summed E-state index contributed by atoms with van der Waals surface area (Å²) in [6.45, 7) is 4.68. The summed E-state index contributed by atoms with van der Waals surface area (Å²) in [5.41, 5.74) is 14.8. The second-order valence-electron chi connectivity index (χ2n) is 12.1. The summed E-state index contributed by atoms with van der Waals surface area (Å²) in [6, 6.07) is 49.4. The lowest BCUT2D eigenvalue weighted by Gasteiger charge is -2.24. The first-order valence-electron chi connectivity index (χ1n) is 15.4. The average Bonchev–Trinajstić information content (AvgIpc) is 3.35. The number of hydrogen-bond donors (Lipinski definition) is 0. The Morgan fingerprint density at radius 3 is 1.84 bits per heavy atom. The SMILES string of the molecule is CC1(C)c2ccccc2-c2cccc(-c3cccc(-c4cc(-c5ccc(-c6ccccc6)cc5)nc(-c5cccnc5)n4)c3)c21. The Balaban J connectivity index is 1.24. The molecular weight excluding hydrogens is 546 g/mol. The minimum absolute atomic E-state index is 0.0972. The molecule has 0 N–H and O–H groups in total. The van der Waals surface area contributed by atoms with Crippen molar-refractivity contribution in [1.82, 2.24) is 15.0 Å². The summed E-state index contributed by atoms with van der Waals surface area (Å²) in [4.78, 5) is 14.5. The topological polar surface area (TPSA) is 38.7 Å². The van der Waals surface area contributed by atoms with Crippen LogP contribution in [0.5, 0.6) is 0 Å². The quantitative estimate of drug-likeness (QED) is 0.204. The van der Waals surface area contributed by atoms with E-state index in [1.165, 1.54) is 44.5 Å². The monoisotopic (exact) mass is 577 g/mol. The molecule has 0 fully saturated rings. The van der Waals surface area contributed by atoms with Gasteiger partial charge in [-0.2, -0.15) is 0 Å². The van der Waals surface area contributed by atoms with Crippen LogP contribution in [0.4, 0.5) is 0 Å². The lowest BCUT2D eigenvalue weighted by molar-refractivity contribution is 0.662. The predicted molar refractivity (Wildman–Crippen MR) is 185 cm³/mol. The summed E-state index contributed by atoms with van der Waals surface area (Å²) in [5.74, 6) is 0.658. The highest BCUT2D eigenvalue weighted by Gasteiger charge is 2.37. The van der Waals surface area contributed by atoms with Crippen molar-refractivity contribution in [2.24, 2.45) is 0 Å². The highest BCUT2D eigenvalue weighted by molar-refractivity contribution is 5.89. The Morgan fingerprint density at radius 2 is 1.04 bits per heavy atom. The summed E-state index contributed by atoms with van der Waals surface area (Å²) < 4.78 is 0. The van der Waals surface area contributed by atoms with E-state index in [1.54, 1.807) is 6.20 Å². The van der Waals surface area contributed by atoms with Crippen LogP contribution in [-0.4, -0.2) is 15.0 Å². The highest BCUT2D eigenvalue weighted by atomic mass is 14.9. The van der Waals surface area contributed by atoms with Crippen LogP contribution in [0.15, 0.2) is 152 Å². The standard InChI is InChI=1S/C42H31N3/c1-42(2)37-19-7-6-16-35(37)36-18-9-17-34(40(36)42)31-13-8-14-32(25-31)39-26-38(44-41(45-39)33-15-10-24-43-27-33)30-22-20-29(21-23-30)28-11-4-3-5-12-28/h3-27H,1-2H3. The molecule has 0 unspecified atom stereocenters. The van der Waals surface area contributed by atoms with Gasteiger partial charge < -0.3 is 0 Å². The Morgan fingerprint density at radius 1 is 0.444 bits per heavy atom. The smallest absolute Gasteiger partial charge is 0.161 e. The molecule has 0 amide bonds. The van der Waals surface area contributed by atoms with Crippen LogP contribution in [0.2, 0.25) is 0 Å². The lowest BCUT2D eigenvalue weighted by atomic mass is 9.78. The van der Waals surface area contributed by atoms with E-state index in [0.29, 0.717) is 5.82 Å². The number of hydrogen-bond acceptors (Lipinski definition) is 3. The number of fused-ring (bicyclic) bond motifs is 3. The van der Waals surface area contributed by atoms with Gasteiger partial charge in [0, 0.05) is 34.5 Å². The number of aromatic nitrogens is 3. The average molecular weight is 578 g/mol. The molecule has 0 bridgehead atoms. The van der Waals surface area contributed by atoms with Crippen molar-refractivity contribution >= 4 is 0 Å². The molecule has 3 nitrogen and oxygen atoms in total. The third-order valence-electron chi connectivity index (χ3n) is 8.98. The van der Waals surface area contributed by atoms with Gasteiger partial charge in [-0.1, -0.05) is 129 Å². The van der Waals surface area contributed by atoms with E-state index in [0.717, 1.165) is 28.1 Å². The van der Waals surface area contributed by atoms with Crippen molar-refractivity contribution in [3.8, 4) is 67.3 Å². The summed E-state index contributed by atoms with van der Waals surface area (Å²) in [6.07, 6.45) is 3.60. The van der Waals surface area contributed by atoms with Crippen LogP contribution in [-0.2, 0) is 5.41 Å². The first kappa shape index (κ1) is 26.9. The molecule has 45 heavy (non-hydrogen) atoms. The van der Waals surface area contributed by atoms with E-state index in [1.807, 2.05) is 24.4 Å². The Kier molecular flexibility index (Phi) is 6.46. The van der Waals surface area contributed by atoms with Crippen LogP contribution in [0.25, 0.3) is 67.3 Å². The molecule has 0 radical (unpaired) electrons. The molecule has 0 spiro atoms. The zero-order valence-corrected chi connectivity index (χ0v) is 25.3. The van der Waals surface area contributed by atoms with Gasteiger partial charge in [-0.05, 0) is 68.8 Å². The zero-order valence-electron chi connectivity index (χ0n) is 25.3. The van der Waals surface area contributed by atoms with Crippen LogP contribution in [0.1, 0.15) is 25.0 Å². The molecule has 214 valence electrons. The van der Waals surface area contributed by atoms with Crippen molar-refractivity contribution in [2.45, 2.75) is 19.3 Å². The van der Waals surface area contributed by atoms with Crippen molar-refractivity contribution in [3.63, 3.8) is 0 Å². The second kappa shape index (κ2) is 10.8. The second-order valence-corrected chi connectivity index (χ2v) is 12.1. The summed E-state index contributed by atoms with van der Waals surface area (Å²) >= 11 is 0. The Hall–Kier alpha value is -5.67. The van der Waals surface area contributed by atoms with E-state index in [2.05, 4.69) is 140 Å². The highest BCUT2D eigenvalue weighted by Crippen LogP contribution is 2.52. The van der Waals surface area contributed by atoms with Crippen LogP contribution in [0, 0.1) is 0 Å². The maximum atomic E-state index is 5.08. The van der Waals surface area contributed by atoms with Gasteiger partial charge in [-0.25, -0.2) is 9.97 Å². The molecule has 2 heterocycles. The number of nitrogens with zero attached hydrogens (tertiary/aromatic N) is 3. The molecule has 7 aromatic rings. The molecule has 0 saturated carbocycles. The van der Waals surface area contributed by atoms with Crippen LogP contribution in [0.3, 0.4) is 0 Å². The molecule has 2 aromatic heterocycles. The fourth-order valence-corrected chi connectivity index (χ4v) is 6.77. The fourth-order valence-electron chi connectivity index (χ4n) is 6.77. The zero-order chi connectivity index (χ0) is 30.4. The van der Waals surface area contributed by atoms with Gasteiger partial charge in [-0.3, -0.25) is 4.98 Å². The lowest BCUT2D eigenvalue weighted by Crippen LogP contribution is -2.16. The minimum atomic E-state index is -0.0972. The van der Waals surface area contributed by atoms with Crippen molar-refractivity contribution in [1.29, 1.82) is 0 Å². The van der Waals surface area contributed by atoms with E-state index in [4.69, 9.17) is 9.97 Å². The van der Waals surface area contributed by atoms with Gasteiger partial charge in [0.25, 0.3) is 0 Å². The molecule has 3 heteroatoms. The number of pyridine rings is 1. The van der Waals surface area contributed by atoms with Gasteiger partial charge in [0.15, 0.2) is 5.82 Å². The molecule has 0 atom stereocenters. The fraction of sp³-hybridized carbons (Fsp3) is 0.0714. The molecular formula is C42H31N3. The normalized spacial score (nSPS) is 12.8. The van der Waals surface area contributed by atoms with E-state index in [9.17, 15) is 0 Å². The van der Waals surface area contributed by atoms with Crippen LogP contribution < -0.4 is 0 Å². The Labute approximate surface area is 264 Å². The third-order valence-corrected chi connectivity index (χ3v) is 8.98. The van der Waals surface area contributed by atoms with Gasteiger partial charge in [0.1, 0.15) is 0 Å². The first-order valence-corrected chi connectivity index (χ1v) is 15.4. The number of benzene rings is 5.